The van der Waals surface area contributed by atoms with Crippen molar-refractivity contribution in [3.8, 4) is 17.3 Å². The molecule has 3 aromatic rings. The molecule has 0 aliphatic heterocycles. The molecule has 96 valence electrons. The van der Waals surface area contributed by atoms with Crippen LogP contribution in [0.25, 0.3) is 16.9 Å². The fourth-order valence-corrected chi connectivity index (χ4v) is 1.97. The van der Waals surface area contributed by atoms with Gasteiger partial charge in [0, 0.05) is 5.56 Å². The zero-order valence-corrected chi connectivity index (χ0v) is 10.2. The molecule has 0 amide bonds. The van der Waals surface area contributed by atoms with Crippen LogP contribution in [-0.4, -0.2) is 25.7 Å². The van der Waals surface area contributed by atoms with Crippen molar-refractivity contribution in [2.24, 2.45) is 0 Å². The van der Waals surface area contributed by atoms with Crippen LogP contribution >= 0.6 is 0 Å². The summed E-state index contributed by atoms with van der Waals surface area (Å²) in [4.78, 5) is 15.1. The average Bonchev–Trinajstić information content (AvgIpc) is 2.90. The fourth-order valence-electron chi connectivity index (χ4n) is 1.97. The van der Waals surface area contributed by atoms with Crippen molar-refractivity contribution in [3.05, 3.63) is 53.9 Å². The molecule has 1 aromatic carbocycles. The largest absolute Gasteiger partial charge is 0.477 e. The lowest BCUT2D eigenvalue weighted by Crippen LogP contribution is -2.05. The van der Waals surface area contributed by atoms with E-state index in [0.717, 1.165) is 5.56 Å². The van der Waals surface area contributed by atoms with Crippen LogP contribution in [0.15, 0.2) is 42.6 Å². The summed E-state index contributed by atoms with van der Waals surface area (Å²) < 4.78 is 1.47. The van der Waals surface area contributed by atoms with Crippen molar-refractivity contribution in [1.29, 1.82) is 5.26 Å². The number of aromatic carboxylic acids is 1. The molecule has 6 nitrogen and oxygen atoms in total. The number of carboxylic acids is 1. The lowest BCUT2D eigenvalue weighted by molar-refractivity contribution is 0.0690. The number of carboxylic acid groups (broad SMARTS) is 1. The summed E-state index contributed by atoms with van der Waals surface area (Å²) in [5, 5.41) is 22.3. The normalized spacial score (nSPS) is 10.3. The van der Waals surface area contributed by atoms with Crippen molar-refractivity contribution in [3.63, 3.8) is 0 Å². The van der Waals surface area contributed by atoms with Crippen molar-refractivity contribution in [2.75, 3.05) is 0 Å². The predicted octanol–water partition coefficient (Wildman–Crippen LogP) is 1.97. The van der Waals surface area contributed by atoms with Gasteiger partial charge in [-0.3, -0.25) is 0 Å². The number of hydrogen-bond donors (Lipinski definition) is 1. The lowest BCUT2D eigenvalue weighted by Gasteiger charge is -2.06. The third-order valence-corrected chi connectivity index (χ3v) is 2.88. The molecular weight excluding hydrogens is 256 g/mol. The Labute approximate surface area is 113 Å². The number of nitrogens with zero attached hydrogens (tertiary/aromatic N) is 4. The van der Waals surface area contributed by atoms with Gasteiger partial charge in [0.05, 0.1) is 11.9 Å². The molecule has 0 unspecified atom stereocenters. The van der Waals surface area contributed by atoms with E-state index in [4.69, 9.17) is 10.4 Å². The SMILES string of the molecule is N#Cc1cnn2c(-c3ccccc3)cc(C(=O)O)nc12. The van der Waals surface area contributed by atoms with Gasteiger partial charge < -0.3 is 5.11 Å². The summed E-state index contributed by atoms with van der Waals surface area (Å²) in [5.74, 6) is -1.14. The second-order valence-electron chi connectivity index (χ2n) is 4.10. The number of hydrogen-bond acceptors (Lipinski definition) is 4. The van der Waals surface area contributed by atoms with Crippen molar-refractivity contribution < 1.29 is 9.90 Å². The van der Waals surface area contributed by atoms with Crippen LogP contribution in [0.2, 0.25) is 0 Å². The van der Waals surface area contributed by atoms with Crippen LogP contribution in [0.5, 0.6) is 0 Å². The summed E-state index contributed by atoms with van der Waals surface area (Å²) >= 11 is 0. The van der Waals surface area contributed by atoms with Gasteiger partial charge in [-0.2, -0.15) is 10.4 Å². The number of nitriles is 1. The molecule has 2 heterocycles. The van der Waals surface area contributed by atoms with E-state index in [-0.39, 0.29) is 16.9 Å². The summed E-state index contributed by atoms with van der Waals surface area (Å²) in [6.45, 7) is 0. The number of fused-ring (bicyclic) bond motifs is 1. The minimum atomic E-state index is -1.14. The second kappa shape index (κ2) is 4.48. The Hall–Kier alpha value is -3.20. The number of carbonyl (C=O) groups is 1. The van der Waals surface area contributed by atoms with Crippen LogP contribution < -0.4 is 0 Å². The molecule has 0 aliphatic rings. The van der Waals surface area contributed by atoms with Crippen molar-refractivity contribution in [2.45, 2.75) is 0 Å². The first-order valence-electron chi connectivity index (χ1n) is 5.78. The maximum absolute atomic E-state index is 11.2. The standard InChI is InChI=1S/C14H8N4O2/c15-7-10-8-16-18-12(9-4-2-1-3-5-9)6-11(14(19)20)17-13(10)18/h1-6,8H,(H,19,20). The Kier molecular flexibility index (Phi) is 2.66. The lowest BCUT2D eigenvalue weighted by atomic mass is 10.1. The number of rotatable bonds is 2. The summed E-state index contributed by atoms with van der Waals surface area (Å²) in [6, 6.07) is 12.6. The van der Waals surface area contributed by atoms with Gasteiger partial charge in [0.1, 0.15) is 11.6 Å². The number of aromatic nitrogens is 3. The first-order chi connectivity index (χ1) is 9.70. The molecule has 0 saturated heterocycles. The molecule has 20 heavy (non-hydrogen) atoms. The molecule has 3 rings (SSSR count). The molecule has 6 heteroatoms. The van der Waals surface area contributed by atoms with E-state index in [9.17, 15) is 4.79 Å². The predicted molar refractivity (Wildman–Crippen MR) is 70.1 cm³/mol. The fraction of sp³-hybridized carbons (Fsp3) is 0. The third kappa shape index (κ3) is 1.78. The minimum absolute atomic E-state index is 0.117. The summed E-state index contributed by atoms with van der Waals surface area (Å²) in [7, 11) is 0. The molecule has 0 atom stereocenters. The van der Waals surface area contributed by atoms with Gasteiger partial charge in [-0.1, -0.05) is 30.3 Å². The van der Waals surface area contributed by atoms with Crippen LogP contribution in [-0.2, 0) is 0 Å². The van der Waals surface area contributed by atoms with E-state index in [1.165, 1.54) is 16.8 Å². The smallest absolute Gasteiger partial charge is 0.354 e. The van der Waals surface area contributed by atoms with Crippen LogP contribution in [0.4, 0.5) is 0 Å². The first-order valence-corrected chi connectivity index (χ1v) is 5.78. The molecule has 1 N–H and O–H groups in total. The minimum Gasteiger partial charge on any atom is -0.477 e. The van der Waals surface area contributed by atoms with Gasteiger partial charge in [-0.15, -0.1) is 0 Å². The van der Waals surface area contributed by atoms with E-state index in [0.29, 0.717) is 5.69 Å². The van der Waals surface area contributed by atoms with Crippen LogP contribution in [0.1, 0.15) is 16.1 Å². The highest BCUT2D eigenvalue weighted by Crippen LogP contribution is 2.22. The Morgan fingerprint density at radius 1 is 1.30 bits per heavy atom. The molecule has 0 fully saturated rings. The Balaban J connectivity index is 2.39. The zero-order valence-electron chi connectivity index (χ0n) is 10.2. The van der Waals surface area contributed by atoms with Gasteiger partial charge >= 0.3 is 5.97 Å². The Morgan fingerprint density at radius 3 is 2.70 bits per heavy atom. The van der Waals surface area contributed by atoms with Crippen LogP contribution in [0.3, 0.4) is 0 Å². The van der Waals surface area contributed by atoms with Gasteiger partial charge in [-0.05, 0) is 6.07 Å². The summed E-state index contributed by atoms with van der Waals surface area (Å²) in [6.07, 6.45) is 1.38. The molecular formula is C14H8N4O2. The van der Waals surface area contributed by atoms with Crippen molar-refractivity contribution in [1.82, 2.24) is 14.6 Å². The van der Waals surface area contributed by atoms with E-state index >= 15 is 0 Å². The number of benzene rings is 1. The molecule has 0 spiro atoms. The highest BCUT2D eigenvalue weighted by Gasteiger charge is 2.15. The first kappa shape index (κ1) is 11.9. The van der Waals surface area contributed by atoms with Crippen LogP contribution in [0, 0.1) is 11.3 Å². The molecule has 0 bridgehead atoms. The van der Waals surface area contributed by atoms with Gasteiger partial charge in [0.25, 0.3) is 0 Å². The maximum Gasteiger partial charge on any atom is 0.354 e. The maximum atomic E-state index is 11.2. The van der Waals surface area contributed by atoms with E-state index in [2.05, 4.69) is 10.1 Å². The zero-order chi connectivity index (χ0) is 14.1. The highest BCUT2D eigenvalue weighted by molar-refractivity contribution is 5.88. The second-order valence-corrected chi connectivity index (χ2v) is 4.10. The van der Waals surface area contributed by atoms with Gasteiger partial charge in [-0.25, -0.2) is 14.3 Å². The molecule has 2 aromatic heterocycles. The molecule has 0 aliphatic carbocycles. The quantitative estimate of drug-likeness (QED) is 0.764. The topological polar surface area (TPSA) is 91.3 Å². The average molecular weight is 264 g/mol. The van der Waals surface area contributed by atoms with Gasteiger partial charge in [0.2, 0.25) is 0 Å². The van der Waals surface area contributed by atoms with E-state index in [1.807, 2.05) is 36.4 Å². The van der Waals surface area contributed by atoms with E-state index < -0.39 is 5.97 Å². The Bertz CT molecular complexity index is 847. The third-order valence-electron chi connectivity index (χ3n) is 2.88. The molecule has 0 radical (unpaired) electrons. The van der Waals surface area contributed by atoms with Crippen molar-refractivity contribution >= 4 is 11.6 Å². The highest BCUT2D eigenvalue weighted by atomic mass is 16.4. The monoisotopic (exact) mass is 264 g/mol. The Morgan fingerprint density at radius 2 is 2.05 bits per heavy atom. The van der Waals surface area contributed by atoms with E-state index in [1.54, 1.807) is 0 Å². The molecule has 0 saturated carbocycles. The van der Waals surface area contributed by atoms with Gasteiger partial charge in [0.15, 0.2) is 11.3 Å². The summed E-state index contributed by atoms with van der Waals surface area (Å²) in [5.41, 5.74) is 1.74.